The van der Waals surface area contributed by atoms with Crippen LogP contribution in [-0.4, -0.2) is 63.9 Å². The second kappa shape index (κ2) is 11.1. The maximum absolute atomic E-state index is 14.9. The maximum atomic E-state index is 14.9. The molecule has 2 bridgehead atoms. The third kappa shape index (κ3) is 4.91. The van der Waals surface area contributed by atoms with E-state index in [4.69, 9.17) is 15.5 Å². The molecule has 1 aliphatic heterocycles. The number of hydrogen-bond donors (Lipinski definition) is 2. The first kappa shape index (κ1) is 29.5. The number of nitrogens with zero attached hydrogens (tertiary/aromatic N) is 4. The van der Waals surface area contributed by atoms with Gasteiger partial charge in [-0.05, 0) is 85.0 Å². The van der Waals surface area contributed by atoms with Crippen molar-refractivity contribution < 1.29 is 23.5 Å². The van der Waals surface area contributed by atoms with Crippen LogP contribution in [0.5, 0.6) is 5.75 Å². The first-order valence-electron chi connectivity index (χ1n) is 16.1. The van der Waals surface area contributed by atoms with Gasteiger partial charge in [0, 0.05) is 48.7 Å². The summed E-state index contributed by atoms with van der Waals surface area (Å²) in [7, 11) is 4.83. The number of aryl methyl sites for hydroxylation is 1. The van der Waals surface area contributed by atoms with Gasteiger partial charge < -0.3 is 29.2 Å². The Balaban J connectivity index is 1.20. The topological polar surface area (TPSA) is 117 Å². The van der Waals surface area contributed by atoms with Gasteiger partial charge >= 0.3 is 6.09 Å². The number of ether oxygens (including phenoxy) is 2. The van der Waals surface area contributed by atoms with Gasteiger partial charge in [0.25, 0.3) is 5.91 Å². The van der Waals surface area contributed by atoms with Crippen LogP contribution in [0, 0.1) is 17.7 Å². The summed E-state index contributed by atoms with van der Waals surface area (Å²) in [6.07, 6.45) is 3.64. The van der Waals surface area contributed by atoms with Gasteiger partial charge in [0.1, 0.15) is 17.1 Å². The highest BCUT2D eigenvalue weighted by Gasteiger charge is 2.47. The number of amides is 2. The zero-order valence-corrected chi connectivity index (χ0v) is 26.6. The number of carbonyl (C=O) groups is 2. The second-order valence-corrected chi connectivity index (χ2v) is 13.1. The predicted octanol–water partition coefficient (Wildman–Crippen LogP) is 6.16. The number of benzene rings is 3. The number of aromatic nitrogens is 3. The molecule has 1 saturated heterocycles. The highest BCUT2D eigenvalue weighted by atomic mass is 19.1. The average Bonchev–Trinajstić information content (AvgIpc) is 3.48. The van der Waals surface area contributed by atoms with E-state index in [9.17, 15) is 14.0 Å². The van der Waals surface area contributed by atoms with Gasteiger partial charge in [0.2, 0.25) is 0 Å². The number of rotatable bonds is 7. The molecule has 5 aromatic rings. The molecule has 47 heavy (non-hydrogen) atoms. The Morgan fingerprint density at radius 2 is 1.81 bits per heavy atom. The van der Waals surface area contributed by atoms with Crippen LogP contribution in [0.2, 0.25) is 0 Å². The smallest absolute Gasteiger partial charge is 0.411 e. The lowest BCUT2D eigenvalue weighted by molar-refractivity contribution is 0.0700. The third-order valence-corrected chi connectivity index (χ3v) is 10.3. The van der Waals surface area contributed by atoms with Crippen molar-refractivity contribution in [2.75, 3.05) is 26.1 Å². The van der Waals surface area contributed by atoms with E-state index in [1.807, 2.05) is 40.8 Å². The maximum Gasteiger partial charge on any atom is 0.411 e. The molecular formula is C36H37FN6O4. The number of fused-ring (bicyclic) bond motifs is 4. The van der Waals surface area contributed by atoms with E-state index < -0.39 is 11.9 Å². The fraction of sp³-hybridized carbons (Fsp3) is 0.361. The first-order chi connectivity index (χ1) is 22.7. The fourth-order valence-electron chi connectivity index (χ4n) is 7.60. The summed E-state index contributed by atoms with van der Waals surface area (Å²) in [4.78, 5) is 32.4. The minimum atomic E-state index is -0.728. The van der Waals surface area contributed by atoms with Crippen molar-refractivity contribution in [1.82, 2.24) is 19.0 Å². The molecule has 2 aromatic heterocycles. The summed E-state index contributed by atoms with van der Waals surface area (Å²) >= 11 is 0. The molecule has 3 N–H and O–H groups in total. The first-order valence-corrected chi connectivity index (χ1v) is 16.1. The van der Waals surface area contributed by atoms with Gasteiger partial charge in [-0.3, -0.25) is 10.1 Å². The monoisotopic (exact) mass is 636 g/mol. The number of nitrogens with two attached hydrogens (primary N) is 1. The molecule has 3 aliphatic rings. The molecule has 3 heterocycles. The molecule has 2 amide bonds. The van der Waals surface area contributed by atoms with Gasteiger partial charge in [-0.1, -0.05) is 18.2 Å². The molecule has 8 rings (SSSR count). The second-order valence-electron chi connectivity index (χ2n) is 13.1. The predicted molar refractivity (Wildman–Crippen MR) is 178 cm³/mol. The minimum Gasteiger partial charge on any atom is -0.494 e. The number of likely N-dealkylation sites (tertiary alicyclic amines) is 1. The SMILES string of the molecule is COC(=O)Nc1ccc(-c2ccc3cc(-c4nc5cc(C(=O)N6C[C@H]7CC[C@@H]6[C@@H]7N)cc(OC)c5n4C)n(CC4CC4)c3c2)cc1F. The molecule has 2 aliphatic carbocycles. The molecule has 242 valence electrons. The molecule has 3 atom stereocenters. The van der Waals surface area contributed by atoms with E-state index >= 15 is 0 Å². The lowest BCUT2D eigenvalue weighted by Crippen LogP contribution is -2.41. The summed E-state index contributed by atoms with van der Waals surface area (Å²) < 4.78 is 29.7. The van der Waals surface area contributed by atoms with Crippen LogP contribution in [-0.2, 0) is 18.3 Å². The van der Waals surface area contributed by atoms with Crippen LogP contribution in [0.3, 0.4) is 0 Å². The highest BCUT2D eigenvalue weighted by molar-refractivity contribution is 6.01. The zero-order valence-electron chi connectivity index (χ0n) is 26.6. The Kier molecular flexibility index (Phi) is 6.98. The summed E-state index contributed by atoms with van der Waals surface area (Å²) in [6.45, 7) is 1.53. The number of imidazole rings is 1. The number of nitrogens with one attached hydrogen (secondary N) is 1. The normalized spacial score (nSPS) is 20.4. The van der Waals surface area contributed by atoms with E-state index in [1.165, 1.54) is 32.1 Å². The number of hydrogen-bond acceptors (Lipinski definition) is 6. The van der Waals surface area contributed by atoms with Gasteiger partial charge in [-0.25, -0.2) is 14.2 Å². The van der Waals surface area contributed by atoms with E-state index in [0.717, 1.165) is 52.9 Å². The molecule has 0 radical (unpaired) electrons. The highest BCUT2D eigenvalue weighted by Crippen LogP contribution is 2.41. The molecule has 3 fully saturated rings. The molecule has 11 heteroatoms. The Morgan fingerprint density at radius 1 is 1.02 bits per heavy atom. The molecule has 2 saturated carbocycles. The third-order valence-electron chi connectivity index (χ3n) is 10.3. The molecule has 10 nitrogen and oxygen atoms in total. The molecule has 0 spiro atoms. The summed E-state index contributed by atoms with van der Waals surface area (Å²) in [5.74, 6) is 1.74. The van der Waals surface area contributed by atoms with Crippen molar-refractivity contribution in [3.8, 4) is 28.4 Å². The van der Waals surface area contributed by atoms with Crippen molar-refractivity contribution in [2.45, 2.75) is 44.3 Å². The van der Waals surface area contributed by atoms with Crippen LogP contribution in [0.1, 0.15) is 36.0 Å². The van der Waals surface area contributed by atoms with Crippen LogP contribution < -0.4 is 15.8 Å². The number of carbonyl (C=O) groups excluding carboxylic acids is 2. The van der Waals surface area contributed by atoms with Crippen LogP contribution >= 0.6 is 0 Å². The lowest BCUT2D eigenvalue weighted by Gasteiger charge is -2.27. The number of methoxy groups -OCH3 is 2. The van der Waals surface area contributed by atoms with E-state index in [2.05, 4.69) is 26.8 Å². The van der Waals surface area contributed by atoms with Gasteiger partial charge in [0.05, 0.1) is 31.1 Å². The van der Waals surface area contributed by atoms with Crippen LogP contribution in [0.4, 0.5) is 14.9 Å². The fourth-order valence-corrected chi connectivity index (χ4v) is 7.60. The standard InChI is InChI=1S/C36H37FN6O4/c1-41-33-27(13-24(16-31(33)46-2)35(44)43-18-23-9-11-28(43)32(23)38)39-34(41)30-15-22-7-6-21(14-29(22)42(30)17-19-4-5-19)20-8-10-26(25(37)12-20)40-36(45)47-3/h6-8,10,12-16,19,23,28,32H,4-5,9,11,17-18,38H2,1-3H3,(H,40,45)/t23-,28-,32-/m1/s1. The van der Waals surface area contributed by atoms with E-state index in [0.29, 0.717) is 40.8 Å². The Morgan fingerprint density at radius 3 is 2.49 bits per heavy atom. The Bertz CT molecular complexity index is 2080. The van der Waals surface area contributed by atoms with Crippen LogP contribution in [0.15, 0.2) is 54.6 Å². The Hall–Kier alpha value is -4.90. The largest absolute Gasteiger partial charge is 0.494 e. The summed E-state index contributed by atoms with van der Waals surface area (Å²) in [6, 6.07) is 16.8. The van der Waals surface area contributed by atoms with E-state index in [-0.39, 0.29) is 23.7 Å². The average molecular weight is 637 g/mol. The summed E-state index contributed by atoms with van der Waals surface area (Å²) in [5.41, 5.74) is 12.1. The van der Waals surface area contributed by atoms with Crippen molar-refractivity contribution in [3.05, 3.63) is 66.0 Å². The summed E-state index contributed by atoms with van der Waals surface area (Å²) in [5, 5.41) is 3.44. The lowest BCUT2D eigenvalue weighted by atomic mass is 10.0. The van der Waals surface area contributed by atoms with Crippen molar-refractivity contribution in [1.29, 1.82) is 0 Å². The quantitative estimate of drug-likeness (QED) is 0.221. The van der Waals surface area contributed by atoms with E-state index in [1.54, 1.807) is 13.2 Å². The van der Waals surface area contributed by atoms with Crippen molar-refractivity contribution in [2.24, 2.45) is 24.6 Å². The molecule has 3 aromatic carbocycles. The minimum absolute atomic E-state index is 0.0269. The molecule has 0 unspecified atom stereocenters. The van der Waals surface area contributed by atoms with Crippen LogP contribution in [0.25, 0.3) is 44.6 Å². The zero-order chi connectivity index (χ0) is 32.6. The van der Waals surface area contributed by atoms with Gasteiger partial charge in [-0.15, -0.1) is 0 Å². The Labute approximate surface area is 271 Å². The van der Waals surface area contributed by atoms with Gasteiger partial charge in [-0.2, -0.15) is 0 Å². The number of anilines is 1. The number of piperidine rings is 1. The number of halogens is 1. The molecular weight excluding hydrogens is 599 g/mol. The van der Waals surface area contributed by atoms with Crippen molar-refractivity contribution >= 4 is 39.6 Å². The van der Waals surface area contributed by atoms with Gasteiger partial charge in [0.15, 0.2) is 5.82 Å². The van der Waals surface area contributed by atoms with Crippen molar-refractivity contribution in [3.63, 3.8) is 0 Å².